The van der Waals surface area contributed by atoms with Crippen molar-refractivity contribution in [1.82, 2.24) is 4.57 Å². The van der Waals surface area contributed by atoms with Gasteiger partial charge in [-0.2, -0.15) is 0 Å². The van der Waals surface area contributed by atoms with E-state index in [0.717, 1.165) is 50.4 Å². The number of aromatic nitrogens is 1. The van der Waals surface area contributed by atoms with E-state index in [2.05, 4.69) is 240 Å². The molecule has 0 atom stereocenters. The predicted octanol–water partition coefficient (Wildman–Crippen LogP) is 15.9. The molecule has 68 heavy (non-hydrogen) atoms. The Bertz CT molecular complexity index is 3810. The van der Waals surface area contributed by atoms with Gasteiger partial charge in [0, 0.05) is 54.7 Å². The lowest BCUT2D eigenvalue weighted by Crippen LogP contribution is -2.60. The van der Waals surface area contributed by atoms with Crippen LogP contribution in [0.2, 0.25) is 0 Å². The summed E-state index contributed by atoms with van der Waals surface area (Å²) in [5.41, 5.74) is 20.1. The van der Waals surface area contributed by atoms with Gasteiger partial charge in [0.25, 0.3) is 6.71 Å². The smallest absolute Gasteiger partial charge is 0.252 e. The Hall–Kier alpha value is -7.02. The van der Waals surface area contributed by atoms with E-state index in [4.69, 9.17) is 4.42 Å². The fraction of sp³-hybridized carbons (Fsp3) is 0.194. The van der Waals surface area contributed by atoms with Crippen molar-refractivity contribution in [2.75, 3.05) is 9.80 Å². The molecule has 5 heterocycles. The summed E-state index contributed by atoms with van der Waals surface area (Å²) < 4.78 is 12.3. The zero-order chi connectivity index (χ0) is 46.6. The van der Waals surface area contributed by atoms with Gasteiger partial charge in [0.15, 0.2) is 5.58 Å². The van der Waals surface area contributed by atoms with Crippen molar-refractivity contribution in [3.63, 3.8) is 0 Å². The van der Waals surface area contributed by atoms with Crippen molar-refractivity contribution >= 4 is 122 Å². The second-order valence-electron chi connectivity index (χ2n) is 22.2. The Morgan fingerprint density at radius 1 is 0.456 bits per heavy atom. The molecule has 8 aromatic carbocycles. The average Bonchev–Trinajstić information content (AvgIpc) is 4.00. The standard InChI is InChI=1S/C62H54BN3OS/c1-60(2,3)37-24-29-40(30-25-37)64(41-31-26-38(27-32-41)61(4,5)6)42-35-51-55-52(36-42)66-56-46(59-57(66)45-17-11-13-23-54(45)68-59)19-14-20-48(56)63(55)47-33-28-39(62(7,8)9)34-50(47)65(51)49-21-15-18-44-43-16-10-12-22-53(43)67-58(44)49/h10-36H,1-9H3. The van der Waals surface area contributed by atoms with E-state index in [1.807, 2.05) is 11.3 Å². The molecule has 0 amide bonds. The minimum Gasteiger partial charge on any atom is -0.454 e. The monoisotopic (exact) mass is 899 g/mol. The van der Waals surface area contributed by atoms with Gasteiger partial charge in [-0.05, 0) is 110 Å². The highest BCUT2D eigenvalue weighted by molar-refractivity contribution is 7.26. The molecule has 0 aliphatic carbocycles. The van der Waals surface area contributed by atoms with Crippen LogP contribution in [0.15, 0.2) is 168 Å². The van der Waals surface area contributed by atoms with Gasteiger partial charge in [-0.1, -0.05) is 165 Å². The highest BCUT2D eigenvalue weighted by atomic mass is 32.1. The number of hydrogen-bond donors (Lipinski definition) is 0. The van der Waals surface area contributed by atoms with E-state index in [-0.39, 0.29) is 23.0 Å². The lowest BCUT2D eigenvalue weighted by Gasteiger charge is -2.42. The molecule has 2 aliphatic rings. The van der Waals surface area contributed by atoms with Crippen LogP contribution in [0.1, 0.15) is 79.0 Å². The first-order chi connectivity index (χ1) is 32.6. The van der Waals surface area contributed by atoms with Crippen molar-refractivity contribution < 1.29 is 4.42 Å². The average molecular weight is 900 g/mol. The number of benzene rings is 8. The van der Waals surface area contributed by atoms with Crippen LogP contribution in [0.4, 0.5) is 34.1 Å². The lowest BCUT2D eigenvalue weighted by atomic mass is 9.33. The maximum Gasteiger partial charge on any atom is 0.252 e. The Balaban J connectivity index is 1.19. The van der Waals surface area contributed by atoms with E-state index in [1.54, 1.807) is 0 Å². The van der Waals surface area contributed by atoms with Crippen LogP contribution in [0.25, 0.3) is 58.8 Å². The normalized spacial score (nSPS) is 13.6. The zero-order valence-electron chi connectivity index (χ0n) is 40.3. The molecule has 2 aliphatic heterocycles. The van der Waals surface area contributed by atoms with Crippen molar-refractivity contribution in [1.29, 1.82) is 0 Å². The highest BCUT2D eigenvalue weighted by Gasteiger charge is 2.44. The van der Waals surface area contributed by atoms with E-state index < -0.39 is 0 Å². The number of nitrogens with zero attached hydrogens (tertiary/aromatic N) is 3. The number of fused-ring (bicyclic) bond motifs is 12. The van der Waals surface area contributed by atoms with Gasteiger partial charge < -0.3 is 18.8 Å². The number of anilines is 6. The SMILES string of the molecule is CC(C)(C)c1ccc(N(c2ccc(C(C)(C)C)cc2)c2cc3c4c(c2)-n2c5c(cccc5c5sc6ccccc6c52)B4c2ccc(C(C)(C)C)cc2N3c2cccc3c2oc2ccccc23)cc1. The van der Waals surface area contributed by atoms with E-state index in [0.29, 0.717) is 0 Å². The first-order valence-electron chi connectivity index (χ1n) is 24.1. The van der Waals surface area contributed by atoms with Gasteiger partial charge in [-0.25, -0.2) is 0 Å². The third-order valence-electron chi connectivity index (χ3n) is 14.8. The summed E-state index contributed by atoms with van der Waals surface area (Å²) >= 11 is 1.91. The molecule has 0 saturated carbocycles. The summed E-state index contributed by atoms with van der Waals surface area (Å²) in [6.45, 7) is 20.7. The van der Waals surface area contributed by atoms with E-state index in [9.17, 15) is 0 Å². The van der Waals surface area contributed by atoms with Gasteiger partial charge >= 0.3 is 0 Å². The van der Waals surface area contributed by atoms with Crippen LogP contribution in [0, 0.1) is 0 Å². The molecular formula is C62H54BN3OS. The third kappa shape index (κ3) is 5.99. The van der Waals surface area contributed by atoms with Gasteiger partial charge in [0.1, 0.15) is 5.58 Å². The number of hydrogen-bond acceptors (Lipinski definition) is 4. The summed E-state index contributed by atoms with van der Waals surface area (Å²) in [7, 11) is 0. The first-order valence-corrected chi connectivity index (χ1v) is 24.9. The van der Waals surface area contributed by atoms with Crippen LogP contribution < -0.4 is 26.2 Å². The van der Waals surface area contributed by atoms with E-state index in [1.165, 1.54) is 75.7 Å². The van der Waals surface area contributed by atoms with Gasteiger partial charge in [-0.3, -0.25) is 0 Å². The van der Waals surface area contributed by atoms with Gasteiger partial charge in [-0.15, -0.1) is 11.3 Å². The number of thiophene rings is 1. The Labute approximate surface area is 403 Å². The van der Waals surface area contributed by atoms with Crippen LogP contribution in [-0.2, 0) is 16.2 Å². The second-order valence-corrected chi connectivity index (χ2v) is 23.3. The van der Waals surface area contributed by atoms with Crippen LogP contribution in [-0.4, -0.2) is 11.3 Å². The largest absolute Gasteiger partial charge is 0.454 e. The predicted molar refractivity (Wildman–Crippen MR) is 294 cm³/mol. The molecule has 0 N–H and O–H groups in total. The number of rotatable bonds is 4. The zero-order valence-corrected chi connectivity index (χ0v) is 41.1. The minimum absolute atomic E-state index is 0.0127. The highest BCUT2D eigenvalue weighted by Crippen LogP contribution is 2.50. The molecule has 0 bridgehead atoms. The molecule has 332 valence electrons. The molecule has 13 rings (SSSR count). The van der Waals surface area contributed by atoms with Crippen LogP contribution in [0.3, 0.4) is 0 Å². The fourth-order valence-electron chi connectivity index (χ4n) is 11.3. The molecule has 0 saturated heterocycles. The maximum absolute atomic E-state index is 6.99. The molecule has 0 fully saturated rings. The second kappa shape index (κ2) is 14.3. The number of para-hydroxylation sites is 3. The summed E-state index contributed by atoms with van der Waals surface area (Å²) in [5.74, 6) is 0. The molecule has 3 aromatic heterocycles. The van der Waals surface area contributed by atoms with Gasteiger partial charge in [0.05, 0.1) is 27.1 Å². The third-order valence-corrected chi connectivity index (χ3v) is 16.0. The Morgan fingerprint density at radius 2 is 1.04 bits per heavy atom. The molecular weight excluding hydrogens is 846 g/mol. The summed E-state index contributed by atoms with van der Waals surface area (Å²) in [6, 6.07) is 61.9. The molecule has 4 nitrogen and oxygen atoms in total. The van der Waals surface area contributed by atoms with E-state index >= 15 is 0 Å². The first kappa shape index (κ1) is 41.2. The fourth-order valence-corrected chi connectivity index (χ4v) is 12.5. The van der Waals surface area contributed by atoms with Crippen molar-refractivity contribution in [3.05, 3.63) is 180 Å². The van der Waals surface area contributed by atoms with Crippen LogP contribution in [0.5, 0.6) is 0 Å². The molecule has 0 unspecified atom stereocenters. The maximum atomic E-state index is 6.99. The molecule has 0 radical (unpaired) electrons. The Morgan fingerprint density at radius 3 is 1.74 bits per heavy atom. The molecule has 11 aromatic rings. The summed E-state index contributed by atoms with van der Waals surface area (Å²) in [4.78, 5) is 5.03. The lowest BCUT2D eigenvalue weighted by molar-refractivity contribution is 0.590. The summed E-state index contributed by atoms with van der Waals surface area (Å²) in [5, 5.41) is 4.83. The molecule has 0 spiro atoms. The minimum atomic E-state index is -0.0821. The van der Waals surface area contributed by atoms with Crippen molar-refractivity contribution in [2.45, 2.75) is 78.6 Å². The van der Waals surface area contributed by atoms with Crippen molar-refractivity contribution in [3.8, 4) is 5.69 Å². The van der Waals surface area contributed by atoms with Gasteiger partial charge in [0.2, 0.25) is 0 Å². The summed E-state index contributed by atoms with van der Waals surface area (Å²) in [6.07, 6.45) is 0. The topological polar surface area (TPSA) is 24.6 Å². The quantitative estimate of drug-likeness (QED) is 0.165. The number of furan rings is 1. The molecule has 6 heteroatoms. The van der Waals surface area contributed by atoms with Crippen LogP contribution >= 0.6 is 11.3 Å². The van der Waals surface area contributed by atoms with Crippen molar-refractivity contribution in [2.24, 2.45) is 0 Å². The Kier molecular flexibility index (Phi) is 8.64.